The van der Waals surface area contributed by atoms with Crippen LogP contribution in [0.5, 0.6) is 0 Å². The summed E-state index contributed by atoms with van der Waals surface area (Å²) in [5, 5.41) is 63.4. The molecule has 3 fully saturated rings. The van der Waals surface area contributed by atoms with E-state index in [0.717, 1.165) is 0 Å². The Morgan fingerprint density at radius 2 is 1.58 bits per heavy atom. The molecule has 188 valence electrons. The Balaban J connectivity index is 1.81. The lowest BCUT2D eigenvalue weighted by atomic mass is 9.83. The minimum Gasteiger partial charge on any atom is -0.400 e. The zero-order valence-corrected chi connectivity index (χ0v) is 17.8. The van der Waals surface area contributed by atoms with Crippen molar-refractivity contribution in [2.45, 2.75) is 92.1 Å². The summed E-state index contributed by atoms with van der Waals surface area (Å²) in [4.78, 5) is 0. The molecule has 2 saturated heterocycles. The second-order valence-corrected chi connectivity index (χ2v) is 8.63. The second kappa shape index (κ2) is 10.8. The molecule has 1 aliphatic carbocycles. The monoisotopic (exact) mass is 476 g/mol. The van der Waals surface area contributed by atoms with Crippen LogP contribution in [-0.4, -0.2) is 131 Å². The van der Waals surface area contributed by atoms with E-state index in [0.29, 0.717) is 0 Å². The smallest absolute Gasteiger partial charge is 0.187 e. The predicted molar refractivity (Wildman–Crippen MR) is 111 cm³/mol. The quantitative estimate of drug-likeness (QED) is 0.154. The highest BCUT2D eigenvalue weighted by molar-refractivity contribution is 6.04. The lowest BCUT2D eigenvalue weighted by Crippen LogP contribution is -2.68. The summed E-state index contributed by atoms with van der Waals surface area (Å²) in [6, 6.07) is -2.76. The van der Waals surface area contributed by atoms with Gasteiger partial charge in [0.25, 0.3) is 0 Å². The minimum atomic E-state index is -1.53. The van der Waals surface area contributed by atoms with Crippen molar-refractivity contribution in [1.82, 2.24) is 5.23 Å². The van der Waals surface area contributed by atoms with Crippen molar-refractivity contribution >= 4 is 7.98 Å². The number of hydrogen-bond donors (Lipinski definition) is 10. The Morgan fingerprint density at radius 3 is 2.12 bits per heavy atom. The molecule has 14 atom stereocenters. The van der Waals surface area contributed by atoms with Gasteiger partial charge in [0.1, 0.15) is 48.8 Å². The molecule has 0 aromatic heterocycles. The van der Waals surface area contributed by atoms with E-state index in [1.165, 1.54) is 0 Å². The lowest BCUT2D eigenvalue weighted by molar-refractivity contribution is -0.310. The molecule has 14 unspecified atom stereocenters. The van der Waals surface area contributed by atoms with E-state index in [1.807, 2.05) is 0 Å². The van der Waals surface area contributed by atoms with Gasteiger partial charge < -0.3 is 72.0 Å². The predicted octanol–water partition coefficient (Wildman–Crippen LogP) is -6.42. The molecule has 33 heavy (non-hydrogen) atoms. The van der Waals surface area contributed by atoms with Crippen LogP contribution >= 0.6 is 0 Å². The summed E-state index contributed by atoms with van der Waals surface area (Å²) in [6.07, 6.45) is -14.5. The lowest BCUT2D eigenvalue weighted by Gasteiger charge is -2.47. The van der Waals surface area contributed by atoms with Gasteiger partial charge in [0.05, 0.1) is 18.8 Å². The fourth-order valence-corrected chi connectivity index (χ4v) is 4.34. The average Bonchev–Trinajstić information content (AvgIpc) is 3.06. The van der Waals surface area contributed by atoms with E-state index in [-0.39, 0.29) is 12.1 Å². The third-order valence-electron chi connectivity index (χ3n) is 6.33. The first-order valence-corrected chi connectivity index (χ1v) is 10.6. The summed E-state index contributed by atoms with van der Waals surface area (Å²) >= 11 is 0. The molecule has 0 aromatic carbocycles. The third-order valence-corrected chi connectivity index (χ3v) is 6.33. The van der Waals surface area contributed by atoms with E-state index in [2.05, 4.69) is 11.8 Å². The zero-order valence-electron chi connectivity index (χ0n) is 17.8. The van der Waals surface area contributed by atoms with Gasteiger partial charge in [-0.1, -0.05) is 6.58 Å². The first-order chi connectivity index (χ1) is 15.5. The maximum atomic E-state index is 10.8. The van der Waals surface area contributed by atoms with Gasteiger partial charge in [0.15, 0.2) is 20.6 Å². The van der Waals surface area contributed by atoms with Crippen molar-refractivity contribution in [3.05, 3.63) is 12.3 Å². The number of ether oxygens (including phenoxy) is 4. The third kappa shape index (κ3) is 5.20. The normalized spacial score (nSPS) is 50.9. The molecule has 0 bridgehead atoms. The SMILES string of the molecule is [B]NC1CC(N)C(OC2OC(CO)C(O)C(O)C2N)C(OC2OC(C(=C)N)C(O)C2O)C1O. The van der Waals surface area contributed by atoms with Crippen LogP contribution in [0.1, 0.15) is 6.42 Å². The number of aliphatic hydroxyl groups excluding tert-OH is 6. The molecule has 15 heteroatoms. The molecule has 14 nitrogen and oxygen atoms in total. The number of hydrogen-bond acceptors (Lipinski definition) is 14. The standard InChI is InChI=1S/C18H33BN4O10/c1-4(20)14-12(28)13(29)18(31-14)33-16-9(25)6(23-19)2-5(21)15(16)32-17-8(22)11(27)10(26)7(3-24)30-17/h5-18,23-29H,1-3,20-22H2. The van der Waals surface area contributed by atoms with Crippen LogP contribution in [0.25, 0.3) is 0 Å². The summed E-state index contributed by atoms with van der Waals surface area (Å²) in [7, 11) is 5.51. The average molecular weight is 476 g/mol. The van der Waals surface area contributed by atoms with Gasteiger partial charge in [-0.25, -0.2) is 0 Å². The Labute approximate surface area is 191 Å². The number of aliphatic hydroxyl groups is 6. The van der Waals surface area contributed by atoms with Crippen LogP contribution < -0.4 is 22.4 Å². The van der Waals surface area contributed by atoms with Gasteiger partial charge in [0.2, 0.25) is 0 Å². The van der Waals surface area contributed by atoms with Crippen molar-refractivity contribution in [2.24, 2.45) is 17.2 Å². The van der Waals surface area contributed by atoms with E-state index in [4.69, 9.17) is 44.1 Å². The van der Waals surface area contributed by atoms with Gasteiger partial charge >= 0.3 is 0 Å². The van der Waals surface area contributed by atoms with Crippen LogP contribution in [0.2, 0.25) is 0 Å². The van der Waals surface area contributed by atoms with Crippen LogP contribution in [0.4, 0.5) is 0 Å². The molecule has 0 amide bonds. The van der Waals surface area contributed by atoms with Crippen molar-refractivity contribution in [1.29, 1.82) is 0 Å². The number of rotatable bonds is 7. The highest BCUT2D eigenvalue weighted by Gasteiger charge is 2.52. The molecule has 3 aliphatic rings. The molecule has 0 spiro atoms. The van der Waals surface area contributed by atoms with Gasteiger partial charge in [0, 0.05) is 17.8 Å². The van der Waals surface area contributed by atoms with Gasteiger partial charge in [-0.3, -0.25) is 0 Å². The van der Waals surface area contributed by atoms with Gasteiger partial charge in [-0.15, -0.1) is 0 Å². The van der Waals surface area contributed by atoms with Crippen LogP contribution in [0.3, 0.4) is 0 Å². The van der Waals surface area contributed by atoms with Crippen molar-refractivity contribution in [2.75, 3.05) is 6.61 Å². The largest absolute Gasteiger partial charge is 0.400 e. The summed E-state index contributed by atoms with van der Waals surface area (Å²) in [5.41, 5.74) is 17.7. The highest BCUT2D eigenvalue weighted by Crippen LogP contribution is 2.33. The van der Waals surface area contributed by atoms with Gasteiger partial charge in [-0.05, 0) is 6.42 Å². The zero-order chi connectivity index (χ0) is 24.6. The summed E-state index contributed by atoms with van der Waals surface area (Å²) in [5.74, 6) is 0. The molecule has 2 heterocycles. The molecular weight excluding hydrogens is 443 g/mol. The maximum absolute atomic E-state index is 10.8. The van der Waals surface area contributed by atoms with Crippen molar-refractivity contribution in [3.63, 3.8) is 0 Å². The first-order valence-electron chi connectivity index (χ1n) is 10.6. The molecular formula is C18H33BN4O10. The topological polar surface area (TPSA) is 248 Å². The van der Waals surface area contributed by atoms with Crippen molar-refractivity contribution < 1.29 is 49.6 Å². The molecule has 2 aliphatic heterocycles. The van der Waals surface area contributed by atoms with E-state index < -0.39 is 92.2 Å². The molecule has 13 N–H and O–H groups in total. The van der Waals surface area contributed by atoms with Crippen LogP contribution in [0, 0.1) is 0 Å². The number of nitrogens with one attached hydrogen (secondary N) is 1. The van der Waals surface area contributed by atoms with E-state index >= 15 is 0 Å². The van der Waals surface area contributed by atoms with Crippen LogP contribution in [-0.2, 0) is 18.9 Å². The van der Waals surface area contributed by atoms with Crippen LogP contribution in [0.15, 0.2) is 12.3 Å². The molecule has 0 aromatic rings. The van der Waals surface area contributed by atoms with E-state index in [9.17, 15) is 30.6 Å². The first kappa shape index (κ1) is 26.7. The molecule has 1 saturated carbocycles. The Hall–Kier alpha value is -0.915. The Bertz CT molecular complexity index is 680. The van der Waals surface area contributed by atoms with Gasteiger partial charge in [-0.2, -0.15) is 0 Å². The summed E-state index contributed by atoms with van der Waals surface area (Å²) < 4.78 is 22.6. The Morgan fingerprint density at radius 1 is 0.939 bits per heavy atom. The number of nitrogens with two attached hydrogens (primary N) is 3. The highest BCUT2D eigenvalue weighted by atomic mass is 16.7. The molecule has 3 rings (SSSR count). The second-order valence-electron chi connectivity index (χ2n) is 8.63. The van der Waals surface area contributed by atoms with E-state index in [1.54, 1.807) is 0 Å². The van der Waals surface area contributed by atoms with Crippen molar-refractivity contribution in [3.8, 4) is 0 Å². The fourth-order valence-electron chi connectivity index (χ4n) is 4.34. The summed E-state index contributed by atoms with van der Waals surface area (Å²) in [6.45, 7) is 2.88. The molecule has 2 radical (unpaired) electrons. The maximum Gasteiger partial charge on any atom is 0.187 e. The minimum absolute atomic E-state index is 0.0352. The Kier molecular flexibility index (Phi) is 8.72. The fraction of sp³-hybridized carbons (Fsp3) is 0.889.